The fraction of sp³-hybridized carbons (Fsp3) is 0.294. The summed E-state index contributed by atoms with van der Waals surface area (Å²) in [6.07, 6.45) is 1.37. The van der Waals surface area contributed by atoms with Crippen LogP contribution in [-0.2, 0) is 14.8 Å². The van der Waals surface area contributed by atoms with Crippen molar-refractivity contribution in [2.24, 2.45) is 5.14 Å². The van der Waals surface area contributed by atoms with Gasteiger partial charge in [-0.3, -0.25) is 9.69 Å². The highest BCUT2D eigenvalue weighted by Crippen LogP contribution is 2.10. The average molecular weight is 395 g/mol. The molecule has 0 atom stereocenters. The molecule has 5 N–H and O–H groups in total. The summed E-state index contributed by atoms with van der Waals surface area (Å²) >= 11 is 0. The fourth-order valence-corrected chi connectivity index (χ4v) is 3.50. The summed E-state index contributed by atoms with van der Waals surface area (Å²) in [5.41, 5.74) is 0.447. The Morgan fingerprint density at radius 3 is 2.59 bits per heavy atom. The van der Waals surface area contributed by atoms with Crippen molar-refractivity contribution in [2.75, 3.05) is 42.9 Å². The van der Waals surface area contributed by atoms with Crippen LogP contribution in [0.25, 0.3) is 0 Å². The third-order valence-corrected chi connectivity index (χ3v) is 5.34. The van der Waals surface area contributed by atoms with Crippen molar-refractivity contribution in [1.29, 1.82) is 0 Å². The van der Waals surface area contributed by atoms with Crippen LogP contribution >= 0.6 is 0 Å². The highest BCUT2D eigenvalue weighted by molar-refractivity contribution is 7.89. The number of nitrogens with one attached hydrogen (secondary N) is 3. The number of rotatable bonds is 5. The Hall–Kier alpha value is -2.56. The molecule has 2 aromatic rings. The van der Waals surface area contributed by atoms with Crippen LogP contribution in [0.5, 0.6) is 0 Å². The van der Waals surface area contributed by atoms with Crippen LogP contribution in [0.1, 0.15) is 0 Å². The minimum absolute atomic E-state index is 0.0320. The maximum Gasteiger partial charge on any atom is 0.279 e. The van der Waals surface area contributed by atoms with Crippen molar-refractivity contribution < 1.29 is 27.5 Å². The third-order valence-electron chi connectivity index (χ3n) is 4.43. The van der Waals surface area contributed by atoms with Crippen molar-refractivity contribution in [1.82, 2.24) is 0 Å². The number of sulfonamides is 1. The highest BCUT2D eigenvalue weighted by atomic mass is 32.2. The molecule has 144 valence electrons. The minimum atomic E-state index is -3.72. The second kappa shape index (κ2) is 7.99. The number of hydrogen-bond acceptors (Lipinski definition) is 4. The first-order valence-corrected chi connectivity index (χ1v) is 10.0. The molecule has 0 radical (unpaired) electrons. The molecule has 1 aliphatic rings. The van der Waals surface area contributed by atoms with E-state index in [0.29, 0.717) is 25.3 Å². The number of carbonyl (C=O) groups excluding carboxylic acids is 1. The molecule has 2 heterocycles. The number of anilines is 2. The molecule has 1 aromatic carbocycles. The number of nitrogens with zero attached hydrogens (tertiary/aromatic N) is 1. The van der Waals surface area contributed by atoms with Crippen LogP contribution in [0, 0.1) is 5.82 Å². The number of carbonyl (C=O) groups is 1. The molecule has 27 heavy (non-hydrogen) atoms. The van der Waals surface area contributed by atoms with Crippen LogP contribution in [-0.4, -0.2) is 47.0 Å². The predicted molar refractivity (Wildman–Crippen MR) is 97.2 cm³/mol. The number of quaternary nitrogens is 1. The first-order chi connectivity index (χ1) is 12.8. The molecule has 0 aliphatic carbocycles. The van der Waals surface area contributed by atoms with E-state index in [9.17, 15) is 17.6 Å². The van der Waals surface area contributed by atoms with E-state index < -0.39 is 15.8 Å². The SMILES string of the molecule is NS(=O)(=O)c1ccc(N2CC[NH+](CC(=O)Nc3cccc(F)c3)CC2)[nH+]c1. The van der Waals surface area contributed by atoms with E-state index in [4.69, 9.17) is 5.14 Å². The summed E-state index contributed by atoms with van der Waals surface area (Å²) < 4.78 is 35.8. The number of piperazine rings is 1. The number of primary sulfonamides is 1. The molecule has 10 heteroatoms. The number of nitrogens with two attached hydrogens (primary N) is 1. The van der Waals surface area contributed by atoms with Gasteiger partial charge in [-0.25, -0.2) is 22.9 Å². The Labute approximate surface area is 156 Å². The van der Waals surface area contributed by atoms with Crippen LogP contribution in [0.15, 0.2) is 47.5 Å². The predicted octanol–water partition coefficient (Wildman–Crippen LogP) is -1.37. The average Bonchev–Trinajstić information content (AvgIpc) is 2.62. The number of aromatic amines is 1. The standard InChI is InChI=1S/C17H20FN5O3S/c18-13-2-1-3-14(10-13)21-17(24)12-22-6-8-23(9-7-22)16-5-4-15(11-20-16)27(19,25)26/h1-5,10-11H,6-9,12H2,(H,21,24)(H2,19,25,26)/p+2. The van der Waals surface area contributed by atoms with E-state index in [1.165, 1.54) is 24.4 Å². The summed E-state index contributed by atoms with van der Waals surface area (Å²) in [5.74, 6) is 0.247. The Bertz CT molecular complexity index is 912. The number of halogens is 1. The lowest BCUT2D eigenvalue weighted by Gasteiger charge is -2.27. The van der Waals surface area contributed by atoms with Crippen LogP contribution in [0.4, 0.5) is 15.9 Å². The molecule has 1 aromatic heterocycles. The van der Waals surface area contributed by atoms with E-state index in [-0.39, 0.29) is 10.8 Å². The van der Waals surface area contributed by atoms with Gasteiger partial charge in [0.1, 0.15) is 43.1 Å². The van der Waals surface area contributed by atoms with E-state index in [0.717, 1.165) is 23.8 Å². The number of amides is 1. The Morgan fingerprint density at radius 2 is 2.00 bits per heavy atom. The minimum Gasteiger partial charge on any atom is -0.321 e. The molecule has 1 saturated heterocycles. The normalized spacial score (nSPS) is 15.6. The van der Waals surface area contributed by atoms with Crippen molar-refractivity contribution in [2.45, 2.75) is 4.90 Å². The van der Waals surface area contributed by atoms with Crippen LogP contribution < -0.4 is 25.2 Å². The lowest BCUT2D eigenvalue weighted by atomic mass is 10.3. The molecular weight excluding hydrogens is 373 g/mol. The first-order valence-electron chi connectivity index (χ1n) is 8.50. The van der Waals surface area contributed by atoms with Crippen LogP contribution in [0.3, 0.4) is 0 Å². The van der Waals surface area contributed by atoms with Gasteiger partial charge >= 0.3 is 0 Å². The monoisotopic (exact) mass is 395 g/mol. The van der Waals surface area contributed by atoms with Crippen molar-refractivity contribution >= 4 is 27.4 Å². The number of hydrogen-bond donors (Lipinski definition) is 3. The molecule has 0 bridgehead atoms. The molecule has 3 rings (SSSR count). The lowest BCUT2D eigenvalue weighted by Crippen LogP contribution is -3.15. The van der Waals surface area contributed by atoms with Gasteiger partial charge in [-0.05, 0) is 24.3 Å². The van der Waals surface area contributed by atoms with Gasteiger partial charge in [0.2, 0.25) is 10.0 Å². The molecule has 1 fully saturated rings. The topological polar surface area (TPSA) is 111 Å². The van der Waals surface area contributed by atoms with Crippen LogP contribution in [0.2, 0.25) is 0 Å². The molecule has 1 aliphatic heterocycles. The third kappa shape index (κ3) is 5.22. The molecule has 0 spiro atoms. The van der Waals surface area contributed by atoms with Gasteiger partial charge in [-0.1, -0.05) is 6.07 Å². The molecule has 0 unspecified atom stereocenters. The van der Waals surface area contributed by atoms with E-state index in [1.54, 1.807) is 18.2 Å². The number of H-pyrrole nitrogens is 1. The van der Waals surface area contributed by atoms with Gasteiger partial charge in [0.05, 0.1) is 0 Å². The zero-order chi connectivity index (χ0) is 19.4. The van der Waals surface area contributed by atoms with Crippen molar-refractivity contribution in [3.05, 3.63) is 48.4 Å². The van der Waals surface area contributed by atoms with Gasteiger partial charge in [-0.2, -0.15) is 0 Å². The smallest absolute Gasteiger partial charge is 0.279 e. The van der Waals surface area contributed by atoms with E-state index in [2.05, 4.69) is 15.2 Å². The second-order valence-electron chi connectivity index (χ2n) is 6.43. The Balaban J connectivity index is 1.50. The van der Waals surface area contributed by atoms with Gasteiger partial charge in [0, 0.05) is 11.8 Å². The lowest BCUT2D eigenvalue weighted by molar-refractivity contribution is -0.892. The zero-order valence-corrected chi connectivity index (χ0v) is 15.4. The number of pyridine rings is 1. The summed E-state index contributed by atoms with van der Waals surface area (Å²) in [4.78, 5) is 18.3. The zero-order valence-electron chi connectivity index (χ0n) is 14.6. The van der Waals surface area contributed by atoms with Crippen molar-refractivity contribution in [3.63, 3.8) is 0 Å². The maximum atomic E-state index is 13.2. The number of aromatic nitrogens is 1. The van der Waals surface area contributed by atoms with Gasteiger partial charge in [-0.15, -0.1) is 0 Å². The molecule has 0 saturated carbocycles. The number of benzene rings is 1. The van der Waals surface area contributed by atoms with Crippen molar-refractivity contribution in [3.8, 4) is 0 Å². The van der Waals surface area contributed by atoms with E-state index in [1.807, 2.05) is 0 Å². The van der Waals surface area contributed by atoms with Gasteiger partial charge in [0.15, 0.2) is 6.54 Å². The summed E-state index contributed by atoms with van der Waals surface area (Å²) in [5, 5.41) is 7.79. The summed E-state index contributed by atoms with van der Waals surface area (Å²) in [7, 11) is -3.72. The molecular formula is C17H22FN5O3S+2. The fourth-order valence-electron chi connectivity index (χ4n) is 3.02. The molecule has 8 nitrogen and oxygen atoms in total. The quantitative estimate of drug-likeness (QED) is 0.580. The summed E-state index contributed by atoms with van der Waals surface area (Å²) in [6.45, 7) is 3.24. The second-order valence-corrected chi connectivity index (χ2v) is 7.99. The molecule has 1 amide bonds. The highest BCUT2D eigenvalue weighted by Gasteiger charge is 2.27. The Morgan fingerprint density at radius 1 is 1.26 bits per heavy atom. The van der Waals surface area contributed by atoms with Gasteiger partial charge < -0.3 is 10.2 Å². The Kier molecular flexibility index (Phi) is 5.68. The van der Waals surface area contributed by atoms with Gasteiger partial charge in [0.25, 0.3) is 11.7 Å². The first kappa shape index (κ1) is 19.2. The summed E-state index contributed by atoms with van der Waals surface area (Å²) in [6, 6.07) is 8.95. The maximum absolute atomic E-state index is 13.2. The largest absolute Gasteiger partial charge is 0.321 e. The van der Waals surface area contributed by atoms with E-state index >= 15 is 0 Å².